The van der Waals surface area contributed by atoms with Gasteiger partial charge in [-0.15, -0.1) is 0 Å². The van der Waals surface area contributed by atoms with E-state index in [1.165, 1.54) is 12.1 Å². The van der Waals surface area contributed by atoms with E-state index < -0.39 is 15.7 Å². The first kappa shape index (κ1) is 27.3. The van der Waals surface area contributed by atoms with Gasteiger partial charge in [-0.1, -0.05) is 13.5 Å². The summed E-state index contributed by atoms with van der Waals surface area (Å²) in [5, 5.41) is 2.85. The van der Waals surface area contributed by atoms with Gasteiger partial charge in [0.15, 0.2) is 21.4 Å². The van der Waals surface area contributed by atoms with Crippen molar-refractivity contribution < 1.29 is 27.1 Å². The van der Waals surface area contributed by atoms with Gasteiger partial charge >= 0.3 is 6.09 Å². The zero-order valence-electron chi connectivity index (χ0n) is 20.9. The number of aliphatic imine (C=N–C) groups is 1. The first-order valence-electron chi connectivity index (χ1n) is 11.8. The van der Waals surface area contributed by atoms with Crippen LogP contribution in [-0.4, -0.2) is 75.3 Å². The highest BCUT2D eigenvalue weighted by molar-refractivity contribution is 7.90. The molecular formula is C24H34FN5O5S. The summed E-state index contributed by atoms with van der Waals surface area (Å²) in [6, 6.07) is 3.68. The molecule has 3 N–H and O–H groups in total. The summed E-state index contributed by atoms with van der Waals surface area (Å²) in [7, 11) is -3.55. The lowest BCUT2D eigenvalue weighted by Crippen LogP contribution is -2.49. The number of benzene rings is 1. The summed E-state index contributed by atoms with van der Waals surface area (Å²) >= 11 is 0. The molecule has 0 saturated carbocycles. The molecule has 0 aromatic heterocycles. The van der Waals surface area contributed by atoms with Crippen LogP contribution in [-0.2, 0) is 19.3 Å². The molecule has 2 aliphatic heterocycles. The van der Waals surface area contributed by atoms with E-state index in [0.717, 1.165) is 37.9 Å². The van der Waals surface area contributed by atoms with Crippen LogP contribution in [0.15, 0.2) is 51.9 Å². The van der Waals surface area contributed by atoms with Crippen molar-refractivity contribution in [3.05, 3.63) is 47.9 Å². The molecule has 0 radical (unpaired) electrons. The summed E-state index contributed by atoms with van der Waals surface area (Å²) in [4.78, 5) is 20.2. The number of sulfone groups is 1. The van der Waals surface area contributed by atoms with Crippen LogP contribution in [0.1, 0.15) is 33.1 Å². The Labute approximate surface area is 211 Å². The molecular weight excluding hydrogens is 489 g/mol. The van der Waals surface area contributed by atoms with E-state index in [4.69, 9.17) is 15.2 Å². The van der Waals surface area contributed by atoms with Crippen LogP contribution >= 0.6 is 0 Å². The van der Waals surface area contributed by atoms with Gasteiger partial charge in [0.1, 0.15) is 18.5 Å². The molecule has 36 heavy (non-hydrogen) atoms. The standard InChI is InChI=1S/C24H34FN5O5S/c1-5-16(2)35-24(31)29-10-8-18(9-11-29)30-12-13-34-22(17(30)3)23(27-15-26)28-21-7-6-19(14-20(21)25)36(4,32)33/h6-7,14-16,18,28H,3,5,8-13H2,1-2,4H3,(H2,26,27)/b23-22-. The normalized spacial score (nSPS) is 19.7. The number of amides is 1. The fraction of sp³-hybridized carbons (Fsp3) is 0.500. The second kappa shape index (κ2) is 11.6. The number of rotatable bonds is 7. The first-order chi connectivity index (χ1) is 17.0. The number of piperidine rings is 1. The number of hydrogen-bond acceptors (Lipinski definition) is 8. The van der Waals surface area contributed by atoms with Crippen molar-refractivity contribution in [2.75, 3.05) is 37.8 Å². The number of nitrogens with two attached hydrogens (primary N) is 1. The highest BCUT2D eigenvalue weighted by Crippen LogP contribution is 2.31. The Morgan fingerprint density at radius 1 is 1.39 bits per heavy atom. The van der Waals surface area contributed by atoms with E-state index in [1.54, 1.807) is 4.90 Å². The smallest absolute Gasteiger partial charge is 0.410 e. The van der Waals surface area contributed by atoms with Crippen molar-refractivity contribution in [3.8, 4) is 0 Å². The van der Waals surface area contributed by atoms with E-state index in [9.17, 15) is 17.6 Å². The number of carbonyl (C=O) groups excluding carboxylic acids is 1. The summed E-state index contributed by atoms with van der Waals surface area (Å²) < 4.78 is 49.4. The monoisotopic (exact) mass is 523 g/mol. The molecule has 2 heterocycles. The lowest BCUT2D eigenvalue weighted by molar-refractivity contribution is 0.0425. The van der Waals surface area contributed by atoms with Crippen LogP contribution in [0.3, 0.4) is 0 Å². The highest BCUT2D eigenvalue weighted by Gasteiger charge is 2.33. The Balaban J connectivity index is 1.75. The Bertz CT molecular complexity index is 1150. The van der Waals surface area contributed by atoms with Crippen molar-refractivity contribution in [1.29, 1.82) is 0 Å². The Morgan fingerprint density at radius 3 is 2.67 bits per heavy atom. The molecule has 0 aliphatic carbocycles. The van der Waals surface area contributed by atoms with Gasteiger partial charge in [0.25, 0.3) is 0 Å². The number of anilines is 1. The molecule has 2 aliphatic rings. The van der Waals surface area contributed by atoms with Crippen molar-refractivity contribution in [1.82, 2.24) is 9.80 Å². The minimum absolute atomic E-state index is 0.0113. The Hall–Kier alpha value is -3.28. The van der Waals surface area contributed by atoms with E-state index in [0.29, 0.717) is 37.7 Å². The predicted molar refractivity (Wildman–Crippen MR) is 135 cm³/mol. The molecule has 0 spiro atoms. The maximum absolute atomic E-state index is 14.7. The number of likely N-dealkylation sites (tertiary alicyclic amines) is 1. The van der Waals surface area contributed by atoms with Crippen LogP contribution in [0.5, 0.6) is 0 Å². The van der Waals surface area contributed by atoms with Crippen LogP contribution in [0, 0.1) is 5.82 Å². The maximum Gasteiger partial charge on any atom is 0.410 e. The van der Waals surface area contributed by atoms with Crippen LogP contribution in [0.25, 0.3) is 0 Å². The minimum atomic E-state index is -3.55. The van der Waals surface area contributed by atoms with Crippen molar-refractivity contribution in [3.63, 3.8) is 0 Å². The molecule has 3 rings (SSSR count). The number of hydrogen-bond donors (Lipinski definition) is 2. The zero-order chi connectivity index (χ0) is 26.5. The molecule has 0 bridgehead atoms. The molecule has 12 heteroatoms. The van der Waals surface area contributed by atoms with E-state index in [1.807, 2.05) is 13.8 Å². The largest absolute Gasteiger partial charge is 0.486 e. The molecule has 1 aromatic rings. The van der Waals surface area contributed by atoms with Gasteiger partial charge in [0.05, 0.1) is 29.2 Å². The average molecular weight is 524 g/mol. The van der Waals surface area contributed by atoms with Crippen molar-refractivity contribution in [2.24, 2.45) is 10.7 Å². The fourth-order valence-electron chi connectivity index (χ4n) is 4.07. The van der Waals surface area contributed by atoms with Crippen LogP contribution in [0.4, 0.5) is 14.9 Å². The molecule has 1 aromatic carbocycles. The van der Waals surface area contributed by atoms with E-state index in [2.05, 4.69) is 21.8 Å². The molecule has 2 saturated heterocycles. The number of nitrogens with zero attached hydrogens (tertiary/aromatic N) is 3. The van der Waals surface area contributed by atoms with Crippen molar-refractivity contribution >= 4 is 28.0 Å². The quantitative estimate of drug-likeness (QED) is 0.413. The van der Waals surface area contributed by atoms with E-state index in [-0.39, 0.29) is 34.6 Å². The molecule has 1 amide bonds. The number of morpholine rings is 1. The summed E-state index contributed by atoms with van der Waals surface area (Å²) in [5.74, 6) is -0.306. The topological polar surface area (TPSA) is 127 Å². The number of carbonyl (C=O) groups is 1. The molecule has 2 fully saturated rings. The van der Waals surface area contributed by atoms with Gasteiger partial charge in [-0.3, -0.25) is 0 Å². The van der Waals surface area contributed by atoms with Gasteiger partial charge in [-0.25, -0.2) is 22.6 Å². The Kier molecular flexibility index (Phi) is 8.83. The molecule has 1 unspecified atom stereocenters. The minimum Gasteiger partial charge on any atom is -0.486 e. The third-order valence-electron chi connectivity index (χ3n) is 6.27. The SMILES string of the molecule is C=C1/C(=C(\N=C/N)Nc2ccc(S(C)(=O)=O)cc2F)OCCN1C1CCN(C(=O)OC(C)CC)CC1. The van der Waals surface area contributed by atoms with Crippen LogP contribution in [0.2, 0.25) is 0 Å². The highest BCUT2D eigenvalue weighted by atomic mass is 32.2. The summed E-state index contributed by atoms with van der Waals surface area (Å²) in [6.07, 6.45) is 3.86. The molecule has 10 nitrogen and oxygen atoms in total. The number of nitrogens with one attached hydrogen (secondary N) is 1. The predicted octanol–water partition coefficient (Wildman–Crippen LogP) is 3.04. The molecule has 198 valence electrons. The lowest BCUT2D eigenvalue weighted by atomic mass is 10.0. The number of ether oxygens (including phenoxy) is 2. The summed E-state index contributed by atoms with van der Waals surface area (Å²) in [5.41, 5.74) is 6.10. The summed E-state index contributed by atoms with van der Waals surface area (Å²) in [6.45, 7) is 10.1. The maximum atomic E-state index is 14.7. The van der Waals surface area contributed by atoms with Gasteiger partial charge in [0, 0.05) is 25.4 Å². The molecule has 1 atom stereocenters. The van der Waals surface area contributed by atoms with Gasteiger partial charge in [-0.05, 0) is 44.4 Å². The average Bonchev–Trinajstić information content (AvgIpc) is 2.84. The lowest BCUT2D eigenvalue weighted by Gasteiger charge is -2.42. The second-order valence-corrected chi connectivity index (χ2v) is 10.8. The van der Waals surface area contributed by atoms with Crippen molar-refractivity contribution in [2.45, 2.75) is 50.2 Å². The zero-order valence-corrected chi connectivity index (χ0v) is 21.7. The Morgan fingerprint density at radius 2 is 2.08 bits per heavy atom. The number of halogens is 1. The van der Waals surface area contributed by atoms with E-state index >= 15 is 0 Å². The van der Waals surface area contributed by atoms with Gasteiger partial charge in [0.2, 0.25) is 0 Å². The van der Waals surface area contributed by atoms with Crippen LogP contribution < -0.4 is 11.1 Å². The second-order valence-electron chi connectivity index (χ2n) is 8.80. The third-order valence-corrected chi connectivity index (χ3v) is 7.38. The first-order valence-corrected chi connectivity index (χ1v) is 13.7. The fourth-order valence-corrected chi connectivity index (χ4v) is 4.70. The third kappa shape index (κ3) is 6.48. The van der Waals surface area contributed by atoms with Gasteiger partial charge < -0.3 is 30.3 Å². The van der Waals surface area contributed by atoms with Gasteiger partial charge in [-0.2, -0.15) is 0 Å².